The number of rotatable bonds is 14. The van der Waals surface area contributed by atoms with Gasteiger partial charge in [-0.25, -0.2) is 9.59 Å². The molecule has 0 heterocycles. The lowest BCUT2D eigenvalue weighted by Crippen LogP contribution is -2.39. The second-order valence-electron chi connectivity index (χ2n) is 4.88. The number of hydrogen-bond acceptors (Lipinski definition) is 6. The summed E-state index contributed by atoms with van der Waals surface area (Å²) in [5.74, 6) is -2.52. The van der Waals surface area contributed by atoms with Crippen molar-refractivity contribution >= 4 is 17.8 Å². The average Bonchev–Trinajstić information content (AvgIpc) is 2.56. The minimum absolute atomic E-state index is 0.372. The Morgan fingerprint density at radius 3 is 1.92 bits per heavy atom. The maximum atomic E-state index is 12.1. The zero-order chi connectivity index (χ0) is 18.2. The number of carbonyl (C=O) groups excluding carboxylic acids is 2. The maximum absolute atomic E-state index is 12.1. The second-order valence-corrected chi connectivity index (χ2v) is 4.88. The molecule has 0 saturated heterocycles. The number of aliphatic carboxylic acids is 1. The molecule has 138 valence electrons. The highest BCUT2D eigenvalue weighted by atomic mass is 16.5. The van der Waals surface area contributed by atoms with Gasteiger partial charge in [0.25, 0.3) is 5.91 Å². The molecule has 0 atom stereocenters. The van der Waals surface area contributed by atoms with E-state index in [0.717, 1.165) is 18.9 Å². The molecular weight excluding hydrogens is 318 g/mol. The third kappa shape index (κ3) is 12.6. The molecule has 1 N–H and O–H groups in total. The zero-order valence-electron chi connectivity index (χ0n) is 14.4. The van der Waals surface area contributed by atoms with Gasteiger partial charge in [0.15, 0.2) is 6.61 Å². The lowest BCUT2D eigenvalue weighted by Gasteiger charge is -2.22. The lowest BCUT2D eigenvalue weighted by molar-refractivity contribution is -0.149. The fraction of sp³-hybridized carbons (Fsp3) is 0.688. The third-order valence-corrected chi connectivity index (χ3v) is 2.76. The molecule has 8 heteroatoms. The van der Waals surface area contributed by atoms with E-state index in [1.165, 1.54) is 4.90 Å². The Kier molecular flexibility index (Phi) is 13.5. The van der Waals surface area contributed by atoms with E-state index in [9.17, 15) is 14.4 Å². The van der Waals surface area contributed by atoms with E-state index >= 15 is 0 Å². The summed E-state index contributed by atoms with van der Waals surface area (Å²) in [7, 11) is 0. The summed E-state index contributed by atoms with van der Waals surface area (Å²) in [6.07, 6.45) is 3.19. The van der Waals surface area contributed by atoms with Crippen LogP contribution in [0.2, 0.25) is 0 Å². The van der Waals surface area contributed by atoms with Gasteiger partial charge in [-0.15, -0.1) is 0 Å². The van der Waals surface area contributed by atoms with Crippen LogP contribution in [-0.4, -0.2) is 74.0 Å². The minimum Gasteiger partial charge on any atom is -0.478 e. The van der Waals surface area contributed by atoms with Crippen LogP contribution in [0, 0.1) is 0 Å². The fourth-order valence-corrected chi connectivity index (χ4v) is 1.62. The molecule has 0 fully saturated rings. The van der Waals surface area contributed by atoms with Gasteiger partial charge in [0.2, 0.25) is 0 Å². The smallest absolute Gasteiger partial charge is 0.331 e. The maximum Gasteiger partial charge on any atom is 0.331 e. The van der Waals surface area contributed by atoms with Crippen LogP contribution in [0.1, 0.15) is 26.7 Å². The van der Waals surface area contributed by atoms with Gasteiger partial charge in [0.05, 0.1) is 13.2 Å². The summed E-state index contributed by atoms with van der Waals surface area (Å²) in [5.41, 5.74) is 0. The Hall–Kier alpha value is -1.93. The SMILES string of the molecule is CCCOCCN(CCOCCC)C(=O)COC(=O)C=CC(=O)O. The number of ether oxygens (including phenoxy) is 3. The lowest BCUT2D eigenvalue weighted by atomic mass is 10.4. The number of carboxylic acids is 1. The fourth-order valence-electron chi connectivity index (χ4n) is 1.62. The molecule has 8 nitrogen and oxygen atoms in total. The molecule has 0 radical (unpaired) electrons. The van der Waals surface area contributed by atoms with E-state index in [2.05, 4.69) is 0 Å². The Morgan fingerprint density at radius 2 is 1.46 bits per heavy atom. The topological polar surface area (TPSA) is 102 Å². The van der Waals surface area contributed by atoms with E-state index in [1.807, 2.05) is 13.8 Å². The van der Waals surface area contributed by atoms with Crippen LogP contribution in [0.25, 0.3) is 0 Å². The summed E-state index contributed by atoms with van der Waals surface area (Å²) < 4.78 is 15.5. The van der Waals surface area contributed by atoms with Crippen molar-refractivity contribution in [1.82, 2.24) is 4.90 Å². The Morgan fingerprint density at radius 1 is 0.917 bits per heavy atom. The number of nitrogens with zero attached hydrogens (tertiary/aromatic N) is 1. The van der Waals surface area contributed by atoms with E-state index in [0.29, 0.717) is 45.6 Å². The van der Waals surface area contributed by atoms with Crippen molar-refractivity contribution < 1.29 is 33.7 Å². The summed E-state index contributed by atoms with van der Waals surface area (Å²) in [4.78, 5) is 35.2. The number of amides is 1. The molecular formula is C16H27NO7. The molecule has 0 aromatic heterocycles. The molecule has 0 unspecified atom stereocenters. The second kappa shape index (κ2) is 14.6. The van der Waals surface area contributed by atoms with Crippen molar-refractivity contribution in [2.24, 2.45) is 0 Å². The van der Waals surface area contributed by atoms with E-state index in [1.54, 1.807) is 0 Å². The largest absolute Gasteiger partial charge is 0.478 e. The molecule has 0 aromatic carbocycles. The van der Waals surface area contributed by atoms with Crippen LogP contribution in [-0.2, 0) is 28.6 Å². The molecule has 0 saturated carbocycles. The number of hydrogen-bond donors (Lipinski definition) is 1. The van der Waals surface area contributed by atoms with Crippen molar-refractivity contribution in [3.05, 3.63) is 12.2 Å². The number of carboxylic acid groups (broad SMARTS) is 1. The van der Waals surface area contributed by atoms with Crippen molar-refractivity contribution in [2.75, 3.05) is 46.1 Å². The van der Waals surface area contributed by atoms with Crippen LogP contribution in [0.15, 0.2) is 12.2 Å². The Labute approximate surface area is 142 Å². The molecule has 0 aliphatic heterocycles. The standard InChI is InChI=1S/C16H27NO7/c1-3-9-22-11-7-17(8-12-23-10-4-2)14(18)13-24-16(21)6-5-15(19)20/h5-6H,3-4,7-13H2,1-2H3,(H,19,20). The summed E-state index contributed by atoms with van der Waals surface area (Å²) in [6, 6.07) is 0. The first-order chi connectivity index (χ1) is 11.5. The van der Waals surface area contributed by atoms with Gasteiger partial charge in [-0.3, -0.25) is 4.79 Å². The van der Waals surface area contributed by atoms with Gasteiger partial charge >= 0.3 is 11.9 Å². The Balaban J connectivity index is 4.31. The average molecular weight is 345 g/mol. The molecule has 0 spiro atoms. The van der Waals surface area contributed by atoms with Crippen molar-refractivity contribution in [1.29, 1.82) is 0 Å². The molecule has 1 amide bonds. The zero-order valence-corrected chi connectivity index (χ0v) is 14.4. The van der Waals surface area contributed by atoms with Crippen LogP contribution in [0.5, 0.6) is 0 Å². The summed E-state index contributed by atoms with van der Waals surface area (Å²) >= 11 is 0. The molecule has 0 rings (SSSR count). The summed E-state index contributed by atoms with van der Waals surface area (Å²) in [6.45, 7) is 6.28. The Bertz CT molecular complexity index is 397. The highest BCUT2D eigenvalue weighted by Crippen LogP contribution is 1.95. The first-order valence-corrected chi connectivity index (χ1v) is 8.02. The van der Waals surface area contributed by atoms with Gasteiger partial charge in [0, 0.05) is 38.5 Å². The van der Waals surface area contributed by atoms with E-state index < -0.39 is 18.5 Å². The van der Waals surface area contributed by atoms with E-state index in [-0.39, 0.29) is 5.91 Å². The number of carbonyl (C=O) groups is 3. The normalized spacial score (nSPS) is 10.8. The van der Waals surface area contributed by atoms with Crippen molar-refractivity contribution in [2.45, 2.75) is 26.7 Å². The van der Waals surface area contributed by atoms with Gasteiger partial charge < -0.3 is 24.2 Å². The van der Waals surface area contributed by atoms with Crippen molar-refractivity contribution in [3.63, 3.8) is 0 Å². The molecule has 24 heavy (non-hydrogen) atoms. The van der Waals surface area contributed by atoms with Gasteiger partial charge in [-0.1, -0.05) is 13.8 Å². The summed E-state index contributed by atoms with van der Waals surface area (Å²) in [5, 5.41) is 8.41. The monoisotopic (exact) mass is 345 g/mol. The minimum atomic E-state index is -1.26. The van der Waals surface area contributed by atoms with E-state index in [4.69, 9.17) is 19.3 Å². The van der Waals surface area contributed by atoms with Gasteiger partial charge in [-0.05, 0) is 12.8 Å². The predicted octanol–water partition coefficient (Wildman–Crippen LogP) is 0.852. The van der Waals surface area contributed by atoms with Crippen LogP contribution in [0.4, 0.5) is 0 Å². The first kappa shape index (κ1) is 22.1. The van der Waals surface area contributed by atoms with Gasteiger partial charge in [-0.2, -0.15) is 0 Å². The molecule has 0 aliphatic rings. The third-order valence-electron chi connectivity index (χ3n) is 2.76. The van der Waals surface area contributed by atoms with Crippen LogP contribution >= 0.6 is 0 Å². The molecule has 0 bridgehead atoms. The quantitative estimate of drug-likeness (QED) is 0.283. The van der Waals surface area contributed by atoms with Crippen LogP contribution in [0.3, 0.4) is 0 Å². The molecule has 0 aromatic rings. The molecule has 0 aliphatic carbocycles. The van der Waals surface area contributed by atoms with Gasteiger partial charge in [0.1, 0.15) is 0 Å². The highest BCUT2D eigenvalue weighted by molar-refractivity contribution is 5.91. The predicted molar refractivity (Wildman–Crippen MR) is 86.5 cm³/mol. The number of esters is 1. The highest BCUT2D eigenvalue weighted by Gasteiger charge is 2.15. The van der Waals surface area contributed by atoms with Crippen LogP contribution < -0.4 is 0 Å². The van der Waals surface area contributed by atoms with Crippen molar-refractivity contribution in [3.8, 4) is 0 Å². The first-order valence-electron chi connectivity index (χ1n) is 8.02.